The second-order valence-electron chi connectivity index (χ2n) is 6.69. The first-order valence-corrected chi connectivity index (χ1v) is 10.6. The Morgan fingerprint density at radius 1 is 0.846 bits per heavy atom. The quantitative estimate of drug-likeness (QED) is 0.187. The maximum Gasteiger partial charge on any atom is 0.237 e. The molecule has 1 amide bonds. The van der Waals surface area contributed by atoms with Crippen molar-refractivity contribution < 1.29 is 9.59 Å². The van der Waals surface area contributed by atoms with E-state index in [1.54, 1.807) is 0 Å². The fourth-order valence-electron chi connectivity index (χ4n) is 2.96. The van der Waals surface area contributed by atoms with Gasteiger partial charge in [0.15, 0.2) is 5.78 Å². The summed E-state index contributed by atoms with van der Waals surface area (Å²) in [4.78, 5) is 24.9. The van der Waals surface area contributed by atoms with E-state index < -0.39 is 0 Å². The van der Waals surface area contributed by atoms with Gasteiger partial charge in [-0.1, -0.05) is 20.3 Å². The molecule has 0 spiro atoms. The Hall–Kier alpha value is -0.850. The Kier molecular flexibility index (Phi) is 17.0. The number of Topliss-reactive ketones (excluding diaryl/α,β-unsaturated/α-hetero) is 1. The van der Waals surface area contributed by atoms with Crippen molar-refractivity contribution in [2.75, 3.05) is 32.5 Å². The highest BCUT2D eigenvalue weighted by Crippen LogP contribution is 2.07. The molecule has 0 aromatic rings. The molecule has 0 aliphatic heterocycles. The maximum absolute atomic E-state index is 12.7. The molecule has 26 heavy (non-hydrogen) atoms. The molecule has 0 aliphatic rings. The van der Waals surface area contributed by atoms with Crippen molar-refractivity contribution in [1.29, 1.82) is 0 Å². The molecule has 6 nitrogen and oxygen atoms in total. The van der Waals surface area contributed by atoms with Crippen LogP contribution in [0.3, 0.4) is 0 Å². The molecular weight excluding hydrogens is 326 g/mol. The van der Waals surface area contributed by atoms with Crippen LogP contribution in [0.1, 0.15) is 58.8 Å². The first-order valence-electron chi connectivity index (χ1n) is 10.6. The third-order valence-corrected chi connectivity index (χ3v) is 4.51. The number of carbonyl (C=O) groups excluding carboxylic acids is 2. The van der Waals surface area contributed by atoms with Gasteiger partial charge in [-0.25, -0.2) is 0 Å². The summed E-state index contributed by atoms with van der Waals surface area (Å²) in [5.74, 6) is 0.0954. The third-order valence-electron chi connectivity index (χ3n) is 4.51. The zero-order chi connectivity index (χ0) is 19.6. The first-order chi connectivity index (χ1) is 12.6. The summed E-state index contributed by atoms with van der Waals surface area (Å²) >= 11 is 0. The number of ketones is 1. The van der Waals surface area contributed by atoms with E-state index in [4.69, 9.17) is 0 Å². The zero-order valence-corrected chi connectivity index (χ0v) is 17.5. The second-order valence-corrected chi connectivity index (χ2v) is 6.69. The molecule has 2 unspecified atom stereocenters. The Labute approximate surface area is 162 Å². The van der Waals surface area contributed by atoms with Gasteiger partial charge in [0.1, 0.15) is 15.7 Å². The van der Waals surface area contributed by atoms with Crippen LogP contribution in [-0.2, 0) is 9.59 Å². The summed E-state index contributed by atoms with van der Waals surface area (Å²) in [5.41, 5.74) is 0. The lowest BCUT2D eigenvalue weighted by atomic mass is 10.0. The zero-order valence-electron chi connectivity index (χ0n) is 17.5. The van der Waals surface area contributed by atoms with Crippen molar-refractivity contribution in [1.82, 2.24) is 21.3 Å². The highest BCUT2D eigenvalue weighted by Gasteiger charge is 2.23. The van der Waals surface area contributed by atoms with Gasteiger partial charge in [-0.3, -0.25) is 9.59 Å². The molecule has 0 heterocycles. The van der Waals surface area contributed by atoms with Gasteiger partial charge in [-0.2, -0.15) is 0 Å². The highest BCUT2D eigenvalue weighted by atomic mass is 16.2. The van der Waals surface area contributed by atoms with E-state index in [1.807, 2.05) is 14.8 Å². The fraction of sp³-hybridized carbons (Fsp3) is 0.889. The largest absolute Gasteiger partial charge is 0.345 e. The minimum Gasteiger partial charge on any atom is -0.345 e. The number of hydrogen-bond donors (Lipinski definition) is 4. The van der Waals surface area contributed by atoms with E-state index in [9.17, 15) is 9.59 Å². The molecule has 0 aromatic heterocycles. The van der Waals surface area contributed by atoms with Crippen molar-refractivity contribution in [2.45, 2.75) is 70.9 Å². The number of amides is 1. The molecule has 0 fully saturated rings. The monoisotopic (exact) mass is 366 g/mol. The van der Waals surface area contributed by atoms with E-state index in [-0.39, 0.29) is 23.8 Å². The Morgan fingerprint density at radius 3 is 2.00 bits per heavy atom. The first kappa shape index (κ1) is 25.1. The number of nitrogens with one attached hydrogen (secondary N) is 4. The predicted molar refractivity (Wildman–Crippen MR) is 115 cm³/mol. The Bertz CT molecular complexity index is 373. The molecule has 0 radical (unpaired) electrons. The van der Waals surface area contributed by atoms with Gasteiger partial charge >= 0.3 is 0 Å². The minimum atomic E-state index is -0.350. The van der Waals surface area contributed by atoms with Gasteiger partial charge in [0.25, 0.3) is 0 Å². The van der Waals surface area contributed by atoms with Crippen molar-refractivity contribution in [3.8, 4) is 0 Å². The van der Waals surface area contributed by atoms with Crippen LogP contribution in [-0.4, -0.2) is 72.0 Å². The SMILES string of the molecule is BCNCCCCC(NCB)C(=O)NC(CCCCNCC)C(=O)CC. The van der Waals surface area contributed by atoms with E-state index >= 15 is 0 Å². The van der Waals surface area contributed by atoms with Crippen LogP contribution in [0.2, 0.25) is 0 Å². The molecule has 4 N–H and O–H groups in total. The number of carbonyl (C=O) groups is 2. The lowest BCUT2D eigenvalue weighted by Gasteiger charge is -2.22. The van der Waals surface area contributed by atoms with E-state index in [0.29, 0.717) is 6.42 Å². The van der Waals surface area contributed by atoms with Crippen LogP contribution in [0.15, 0.2) is 0 Å². The lowest BCUT2D eigenvalue weighted by Crippen LogP contribution is -2.50. The molecule has 0 bridgehead atoms. The molecule has 0 rings (SSSR count). The molecule has 0 saturated heterocycles. The summed E-state index contributed by atoms with van der Waals surface area (Å²) < 4.78 is 0. The van der Waals surface area contributed by atoms with Crippen LogP contribution in [0.25, 0.3) is 0 Å². The van der Waals surface area contributed by atoms with Gasteiger partial charge in [0.05, 0.1) is 12.1 Å². The second kappa shape index (κ2) is 17.6. The summed E-state index contributed by atoms with van der Waals surface area (Å²) in [7, 11) is 4.10. The van der Waals surface area contributed by atoms with Crippen molar-refractivity contribution in [3.05, 3.63) is 0 Å². The van der Waals surface area contributed by atoms with Crippen LogP contribution in [0, 0.1) is 0 Å². The summed E-state index contributed by atoms with van der Waals surface area (Å²) in [6.45, 7) is 6.86. The van der Waals surface area contributed by atoms with Gasteiger partial charge in [-0.15, -0.1) is 0 Å². The van der Waals surface area contributed by atoms with Crippen LogP contribution < -0.4 is 21.3 Å². The third kappa shape index (κ3) is 12.5. The smallest absolute Gasteiger partial charge is 0.237 e. The standard InChI is InChI=1S/C18H40B2N4O2/c1-3-17(25)15(9-5-7-11-21-4-2)24-18(26)16(23-14-20)10-6-8-12-22-13-19/h15-16,21-23H,3-14,19-20H2,1-2H3,(H,24,26). The molecule has 2 atom stereocenters. The Morgan fingerprint density at radius 2 is 1.46 bits per heavy atom. The van der Waals surface area contributed by atoms with Crippen LogP contribution in [0.5, 0.6) is 0 Å². The maximum atomic E-state index is 12.7. The molecule has 150 valence electrons. The molecular formula is C18H40B2N4O2. The predicted octanol–water partition coefficient (Wildman–Crippen LogP) is -0.871. The fourth-order valence-corrected chi connectivity index (χ4v) is 2.96. The van der Waals surface area contributed by atoms with Gasteiger partial charge in [0.2, 0.25) is 5.91 Å². The highest BCUT2D eigenvalue weighted by molar-refractivity contribution is 6.09. The topological polar surface area (TPSA) is 82.3 Å². The van der Waals surface area contributed by atoms with Gasteiger partial charge in [0, 0.05) is 6.42 Å². The summed E-state index contributed by atoms with van der Waals surface area (Å²) in [6, 6.07) is -0.562. The number of rotatable bonds is 18. The minimum absolute atomic E-state index is 0.0335. The lowest BCUT2D eigenvalue weighted by molar-refractivity contribution is -0.129. The normalized spacial score (nSPS) is 13.3. The van der Waals surface area contributed by atoms with Crippen molar-refractivity contribution in [2.24, 2.45) is 0 Å². The average Bonchev–Trinajstić information content (AvgIpc) is 2.65. The summed E-state index contributed by atoms with van der Waals surface area (Å²) in [5, 5.41) is 12.9. The van der Waals surface area contributed by atoms with E-state index in [2.05, 4.69) is 36.0 Å². The van der Waals surface area contributed by atoms with Gasteiger partial charge in [-0.05, 0) is 64.6 Å². The number of unbranched alkanes of at least 4 members (excludes halogenated alkanes) is 2. The molecule has 0 aliphatic carbocycles. The van der Waals surface area contributed by atoms with Crippen molar-refractivity contribution >= 4 is 27.4 Å². The molecule has 8 heteroatoms. The van der Waals surface area contributed by atoms with Gasteiger partial charge < -0.3 is 21.3 Å². The Balaban J connectivity index is 4.45. The van der Waals surface area contributed by atoms with Crippen LogP contribution >= 0.6 is 0 Å². The van der Waals surface area contributed by atoms with Crippen LogP contribution in [0.4, 0.5) is 0 Å². The van der Waals surface area contributed by atoms with Crippen molar-refractivity contribution in [3.63, 3.8) is 0 Å². The van der Waals surface area contributed by atoms with E-state index in [1.165, 1.54) is 0 Å². The van der Waals surface area contributed by atoms with E-state index in [0.717, 1.165) is 71.0 Å². The number of hydrogen-bond acceptors (Lipinski definition) is 5. The average molecular weight is 366 g/mol. The molecule has 0 saturated carbocycles. The molecule has 0 aromatic carbocycles. The summed E-state index contributed by atoms with van der Waals surface area (Å²) in [6.07, 6.45) is 7.74.